The van der Waals surface area contributed by atoms with Crippen LogP contribution in [0.15, 0.2) is 41.8 Å². The van der Waals surface area contributed by atoms with Crippen LogP contribution in [-0.2, 0) is 16.1 Å². The van der Waals surface area contributed by atoms with Crippen molar-refractivity contribution in [2.75, 3.05) is 11.5 Å². The second-order valence-corrected chi connectivity index (χ2v) is 8.09. The normalized spacial score (nSPS) is 10.6. The Morgan fingerprint density at radius 1 is 1.06 bits per heavy atom. The first-order valence-corrected chi connectivity index (χ1v) is 10.9. The Bertz CT molecular complexity index is 1070. The van der Waals surface area contributed by atoms with Crippen molar-refractivity contribution in [2.24, 2.45) is 0 Å². The van der Waals surface area contributed by atoms with Crippen LogP contribution < -0.4 is 9.64 Å². The van der Waals surface area contributed by atoms with E-state index in [4.69, 9.17) is 9.47 Å². The smallest absolute Gasteiger partial charge is 0.338 e. The van der Waals surface area contributed by atoms with Crippen molar-refractivity contribution in [3.8, 4) is 5.75 Å². The number of anilines is 2. The fourth-order valence-electron chi connectivity index (χ4n) is 3.44. The van der Waals surface area contributed by atoms with Crippen LogP contribution in [0.1, 0.15) is 46.6 Å². The van der Waals surface area contributed by atoms with Gasteiger partial charge < -0.3 is 9.47 Å². The number of hydrogen-bond donors (Lipinski definition) is 0. The Balaban J connectivity index is 1.74. The van der Waals surface area contributed by atoms with Gasteiger partial charge in [-0.15, -0.1) is 11.3 Å². The Hall–Kier alpha value is -3.19. The summed E-state index contributed by atoms with van der Waals surface area (Å²) in [5, 5.41) is 2.50. The van der Waals surface area contributed by atoms with Crippen molar-refractivity contribution in [1.82, 2.24) is 4.98 Å². The minimum atomic E-state index is -0.357. The molecule has 0 aliphatic carbocycles. The van der Waals surface area contributed by atoms with Crippen LogP contribution in [0.4, 0.5) is 10.8 Å². The van der Waals surface area contributed by atoms with E-state index in [0.717, 1.165) is 28.1 Å². The molecule has 3 aromatic rings. The molecule has 1 heterocycles. The molecule has 6 nitrogen and oxygen atoms in total. The van der Waals surface area contributed by atoms with Gasteiger partial charge >= 0.3 is 5.97 Å². The molecule has 0 aliphatic rings. The molecule has 0 saturated carbocycles. The Morgan fingerprint density at radius 3 is 2.29 bits per heavy atom. The Kier molecular flexibility index (Phi) is 7.07. The second kappa shape index (κ2) is 9.75. The van der Waals surface area contributed by atoms with Crippen LogP contribution in [-0.4, -0.2) is 23.5 Å². The number of amides is 1. The van der Waals surface area contributed by atoms with Gasteiger partial charge in [0.05, 0.1) is 23.6 Å². The maximum atomic E-state index is 12.5. The number of thiazole rings is 1. The average molecular weight is 439 g/mol. The molecule has 3 rings (SSSR count). The molecule has 2 aromatic carbocycles. The maximum Gasteiger partial charge on any atom is 0.338 e. The van der Waals surface area contributed by atoms with Crippen molar-refractivity contribution in [3.63, 3.8) is 0 Å². The average Bonchev–Trinajstić information content (AvgIpc) is 3.17. The van der Waals surface area contributed by atoms with E-state index in [2.05, 4.69) is 17.1 Å². The fourth-order valence-corrected chi connectivity index (χ4v) is 4.29. The largest absolute Gasteiger partial charge is 0.487 e. The summed E-state index contributed by atoms with van der Waals surface area (Å²) in [7, 11) is 0. The van der Waals surface area contributed by atoms with E-state index >= 15 is 0 Å². The lowest BCUT2D eigenvalue weighted by atomic mass is 10.0. The molecule has 7 heteroatoms. The minimum Gasteiger partial charge on any atom is -0.487 e. The van der Waals surface area contributed by atoms with E-state index in [1.807, 2.05) is 26.2 Å². The van der Waals surface area contributed by atoms with Crippen LogP contribution in [0.3, 0.4) is 0 Å². The molecule has 1 amide bonds. The number of aromatic nitrogens is 1. The zero-order valence-electron chi connectivity index (χ0n) is 18.4. The molecule has 0 spiro atoms. The summed E-state index contributed by atoms with van der Waals surface area (Å²) in [5.41, 5.74) is 5.29. The number of esters is 1. The van der Waals surface area contributed by atoms with Gasteiger partial charge in [0, 0.05) is 12.3 Å². The van der Waals surface area contributed by atoms with Crippen molar-refractivity contribution in [2.45, 2.75) is 41.2 Å². The van der Waals surface area contributed by atoms with Gasteiger partial charge in [-0.2, -0.15) is 0 Å². The molecule has 0 fully saturated rings. The molecule has 0 atom stereocenters. The molecule has 0 radical (unpaired) electrons. The van der Waals surface area contributed by atoms with Gasteiger partial charge in [-0.05, 0) is 63.1 Å². The van der Waals surface area contributed by atoms with Gasteiger partial charge in [-0.3, -0.25) is 9.69 Å². The third-order valence-corrected chi connectivity index (χ3v) is 5.53. The summed E-state index contributed by atoms with van der Waals surface area (Å²) in [6, 6.07) is 10.9. The third kappa shape index (κ3) is 5.30. The van der Waals surface area contributed by atoms with Crippen molar-refractivity contribution >= 4 is 34.0 Å². The SMILES string of the molecule is CCOC(=O)c1ccc(OCc2csc(N(C(C)=O)c3c(C)cc(C)cc3C)n2)cc1. The highest BCUT2D eigenvalue weighted by Crippen LogP contribution is 2.34. The number of hydrogen-bond acceptors (Lipinski definition) is 6. The molecule has 0 N–H and O–H groups in total. The highest BCUT2D eigenvalue weighted by Gasteiger charge is 2.22. The molecule has 162 valence electrons. The molecule has 1 aromatic heterocycles. The Labute approximate surface area is 186 Å². The number of nitrogens with zero attached hydrogens (tertiary/aromatic N) is 2. The number of rotatable bonds is 7. The van der Waals surface area contributed by atoms with E-state index in [1.54, 1.807) is 43.0 Å². The Morgan fingerprint density at radius 2 is 1.71 bits per heavy atom. The lowest BCUT2D eigenvalue weighted by Crippen LogP contribution is -2.24. The molecule has 0 aliphatic heterocycles. The summed E-state index contributed by atoms with van der Waals surface area (Å²) in [6.07, 6.45) is 0. The number of carbonyl (C=O) groups excluding carboxylic acids is 2. The summed E-state index contributed by atoms with van der Waals surface area (Å²) >= 11 is 1.40. The lowest BCUT2D eigenvalue weighted by Gasteiger charge is -2.23. The number of ether oxygens (including phenoxy) is 2. The first kappa shape index (κ1) is 22.5. The topological polar surface area (TPSA) is 68.7 Å². The van der Waals surface area contributed by atoms with Crippen molar-refractivity contribution in [1.29, 1.82) is 0 Å². The second-order valence-electron chi connectivity index (χ2n) is 7.26. The quantitative estimate of drug-likeness (QED) is 0.455. The van der Waals surface area contributed by atoms with E-state index in [1.165, 1.54) is 11.3 Å². The fraction of sp³-hybridized carbons (Fsp3) is 0.292. The van der Waals surface area contributed by atoms with Gasteiger partial charge in [0.1, 0.15) is 12.4 Å². The van der Waals surface area contributed by atoms with Crippen LogP contribution >= 0.6 is 11.3 Å². The monoisotopic (exact) mass is 438 g/mol. The molecule has 31 heavy (non-hydrogen) atoms. The van der Waals surface area contributed by atoms with Crippen molar-refractivity contribution in [3.05, 3.63) is 69.7 Å². The molecule has 0 bridgehead atoms. The van der Waals surface area contributed by atoms with Gasteiger partial charge in [-0.25, -0.2) is 9.78 Å². The third-order valence-electron chi connectivity index (χ3n) is 4.66. The molecule has 0 unspecified atom stereocenters. The number of aryl methyl sites for hydroxylation is 3. The summed E-state index contributed by atoms with van der Waals surface area (Å²) < 4.78 is 10.8. The zero-order chi connectivity index (χ0) is 22.5. The number of carbonyl (C=O) groups is 2. The first-order chi connectivity index (χ1) is 14.8. The minimum absolute atomic E-state index is 0.0913. The lowest BCUT2D eigenvalue weighted by molar-refractivity contribution is -0.115. The van der Waals surface area contributed by atoms with Crippen LogP contribution in [0.25, 0.3) is 0 Å². The van der Waals surface area contributed by atoms with Crippen LogP contribution in [0.2, 0.25) is 0 Å². The highest BCUT2D eigenvalue weighted by atomic mass is 32.1. The van der Waals surface area contributed by atoms with E-state index < -0.39 is 0 Å². The number of benzene rings is 2. The zero-order valence-corrected chi connectivity index (χ0v) is 19.2. The van der Waals surface area contributed by atoms with Crippen molar-refractivity contribution < 1.29 is 19.1 Å². The highest BCUT2D eigenvalue weighted by molar-refractivity contribution is 7.14. The predicted molar refractivity (Wildman–Crippen MR) is 122 cm³/mol. The van der Waals surface area contributed by atoms with E-state index in [0.29, 0.717) is 23.1 Å². The first-order valence-electron chi connectivity index (χ1n) is 10.0. The van der Waals surface area contributed by atoms with Crippen LogP contribution in [0.5, 0.6) is 5.75 Å². The maximum absolute atomic E-state index is 12.5. The van der Waals surface area contributed by atoms with Gasteiger partial charge in [0.2, 0.25) is 5.91 Å². The van der Waals surface area contributed by atoms with Gasteiger partial charge in [-0.1, -0.05) is 17.7 Å². The molecular weight excluding hydrogens is 412 g/mol. The molecular formula is C24H26N2O4S. The van der Waals surface area contributed by atoms with Crippen LogP contribution in [0, 0.1) is 20.8 Å². The summed E-state index contributed by atoms with van der Waals surface area (Å²) in [5.74, 6) is 0.173. The van der Waals surface area contributed by atoms with E-state index in [-0.39, 0.29) is 18.5 Å². The summed E-state index contributed by atoms with van der Waals surface area (Å²) in [4.78, 5) is 30.5. The predicted octanol–water partition coefficient (Wildman–Crippen LogP) is 5.51. The van der Waals surface area contributed by atoms with Gasteiger partial charge in [0.25, 0.3) is 0 Å². The van der Waals surface area contributed by atoms with E-state index in [9.17, 15) is 9.59 Å². The van der Waals surface area contributed by atoms with Gasteiger partial charge in [0.15, 0.2) is 5.13 Å². The summed E-state index contributed by atoms with van der Waals surface area (Å²) in [6.45, 7) is 9.95. The molecule has 0 saturated heterocycles. The standard InChI is InChI=1S/C24H26N2O4S/c1-6-29-23(28)19-7-9-21(10-8-19)30-13-20-14-31-24(25-20)26(18(5)27)22-16(3)11-15(2)12-17(22)4/h7-12,14H,6,13H2,1-5H3.